The summed E-state index contributed by atoms with van der Waals surface area (Å²) < 4.78 is 5.81. The fourth-order valence-electron chi connectivity index (χ4n) is 3.92. The highest BCUT2D eigenvalue weighted by molar-refractivity contribution is 8.00. The number of guanidine groups is 1. The zero-order chi connectivity index (χ0) is 19.8. The molecule has 2 fully saturated rings. The minimum absolute atomic E-state index is 0.220. The summed E-state index contributed by atoms with van der Waals surface area (Å²) in [5.74, 6) is 2.06. The average Bonchev–Trinajstić information content (AvgIpc) is 3.16. The van der Waals surface area contributed by atoms with Crippen molar-refractivity contribution >= 4 is 35.0 Å². The number of aliphatic imine (C=N–C) groups is 1. The Bertz CT molecular complexity index is 646. The Morgan fingerprint density at radius 1 is 1.36 bits per heavy atom. The lowest BCUT2D eigenvalue weighted by Crippen LogP contribution is -2.46. The van der Waals surface area contributed by atoms with Crippen LogP contribution < -0.4 is 15.5 Å². The van der Waals surface area contributed by atoms with Crippen molar-refractivity contribution in [2.24, 2.45) is 4.99 Å². The van der Waals surface area contributed by atoms with Crippen LogP contribution in [-0.2, 0) is 4.74 Å². The maximum absolute atomic E-state index is 6.16. The molecule has 2 heterocycles. The molecule has 3 rings (SSSR count). The SMILES string of the molecule is CCNC(=NCC1(SCC)CCOCC1)NC1CCN(c2cccc(Cl)c2)C1. The van der Waals surface area contributed by atoms with Gasteiger partial charge in [0.1, 0.15) is 0 Å². The summed E-state index contributed by atoms with van der Waals surface area (Å²) in [6.07, 6.45) is 3.26. The van der Waals surface area contributed by atoms with Crippen LogP contribution in [-0.4, -0.2) is 61.9 Å². The van der Waals surface area contributed by atoms with Crippen LogP contribution in [0.3, 0.4) is 0 Å². The first-order chi connectivity index (χ1) is 13.6. The molecule has 2 N–H and O–H groups in total. The normalized spacial score (nSPS) is 22.3. The number of nitrogens with zero attached hydrogens (tertiary/aromatic N) is 2. The number of benzene rings is 1. The molecular formula is C21H33ClN4OS. The van der Waals surface area contributed by atoms with Crippen molar-refractivity contribution in [3.8, 4) is 0 Å². The van der Waals surface area contributed by atoms with Crippen LogP contribution in [0, 0.1) is 0 Å². The van der Waals surface area contributed by atoms with Gasteiger partial charge in [-0.2, -0.15) is 11.8 Å². The van der Waals surface area contributed by atoms with E-state index in [9.17, 15) is 0 Å². The summed E-state index contributed by atoms with van der Waals surface area (Å²) >= 11 is 8.19. The van der Waals surface area contributed by atoms with Crippen molar-refractivity contribution in [3.63, 3.8) is 0 Å². The summed E-state index contributed by atoms with van der Waals surface area (Å²) in [5.41, 5.74) is 1.19. The van der Waals surface area contributed by atoms with Gasteiger partial charge in [-0.3, -0.25) is 4.99 Å². The molecule has 0 bridgehead atoms. The van der Waals surface area contributed by atoms with E-state index in [0.29, 0.717) is 6.04 Å². The van der Waals surface area contributed by atoms with Gasteiger partial charge in [0.2, 0.25) is 0 Å². The van der Waals surface area contributed by atoms with Crippen LogP contribution in [0.15, 0.2) is 29.3 Å². The molecule has 28 heavy (non-hydrogen) atoms. The molecule has 1 unspecified atom stereocenters. The van der Waals surface area contributed by atoms with E-state index in [0.717, 1.165) is 75.4 Å². The topological polar surface area (TPSA) is 48.9 Å². The molecule has 5 nitrogen and oxygen atoms in total. The maximum atomic E-state index is 6.16. The van der Waals surface area contributed by atoms with Crippen molar-refractivity contribution in [1.82, 2.24) is 10.6 Å². The van der Waals surface area contributed by atoms with Crippen LogP contribution in [0.1, 0.15) is 33.1 Å². The molecule has 0 saturated carbocycles. The Morgan fingerprint density at radius 3 is 2.89 bits per heavy atom. The highest BCUT2D eigenvalue weighted by Gasteiger charge is 2.33. The van der Waals surface area contributed by atoms with Crippen molar-refractivity contribution in [2.45, 2.75) is 43.9 Å². The first-order valence-corrected chi connectivity index (χ1v) is 11.8. The lowest BCUT2D eigenvalue weighted by Gasteiger charge is -2.35. The zero-order valence-electron chi connectivity index (χ0n) is 17.0. The van der Waals surface area contributed by atoms with Crippen molar-refractivity contribution < 1.29 is 4.74 Å². The summed E-state index contributed by atoms with van der Waals surface area (Å²) in [4.78, 5) is 7.37. The van der Waals surface area contributed by atoms with Gasteiger partial charge in [0.25, 0.3) is 0 Å². The van der Waals surface area contributed by atoms with E-state index in [1.165, 1.54) is 5.69 Å². The maximum Gasteiger partial charge on any atom is 0.191 e. The number of ether oxygens (including phenoxy) is 1. The molecule has 1 aromatic rings. The van der Waals surface area contributed by atoms with Gasteiger partial charge in [0.05, 0.1) is 6.54 Å². The van der Waals surface area contributed by atoms with Crippen molar-refractivity contribution in [2.75, 3.05) is 50.0 Å². The Balaban J connectivity index is 1.60. The van der Waals surface area contributed by atoms with Crippen LogP contribution >= 0.6 is 23.4 Å². The zero-order valence-corrected chi connectivity index (χ0v) is 18.6. The Morgan fingerprint density at radius 2 is 2.18 bits per heavy atom. The first kappa shape index (κ1) is 21.6. The van der Waals surface area contributed by atoms with Crippen LogP contribution in [0.4, 0.5) is 5.69 Å². The quantitative estimate of drug-likeness (QED) is 0.515. The Hall–Kier alpha value is -1.11. The summed E-state index contributed by atoms with van der Waals surface area (Å²) in [6, 6.07) is 8.50. The molecular weight excluding hydrogens is 392 g/mol. The number of anilines is 1. The molecule has 0 amide bonds. The van der Waals surface area contributed by atoms with Gasteiger partial charge >= 0.3 is 0 Å². The number of halogens is 1. The summed E-state index contributed by atoms with van der Waals surface area (Å²) in [7, 11) is 0. The number of thioether (sulfide) groups is 1. The molecule has 2 aliphatic heterocycles. The van der Waals surface area contributed by atoms with Gasteiger partial charge in [-0.25, -0.2) is 0 Å². The molecule has 0 spiro atoms. The molecule has 0 aliphatic carbocycles. The highest BCUT2D eigenvalue weighted by Crippen LogP contribution is 2.35. The molecule has 2 aliphatic rings. The van der Waals surface area contributed by atoms with E-state index in [2.05, 4.69) is 35.4 Å². The number of hydrogen-bond donors (Lipinski definition) is 2. The number of nitrogens with one attached hydrogen (secondary N) is 2. The van der Waals surface area contributed by atoms with E-state index in [4.69, 9.17) is 21.3 Å². The lowest BCUT2D eigenvalue weighted by atomic mass is 9.99. The summed E-state index contributed by atoms with van der Waals surface area (Å²) in [5, 5.41) is 7.88. The lowest BCUT2D eigenvalue weighted by molar-refractivity contribution is 0.0793. The van der Waals surface area contributed by atoms with Gasteiger partial charge in [0.15, 0.2) is 5.96 Å². The number of hydrogen-bond acceptors (Lipinski definition) is 4. The second kappa shape index (κ2) is 10.6. The first-order valence-electron chi connectivity index (χ1n) is 10.4. The average molecular weight is 425 g/mol. The molecule has 1 aromatic carbocycles. The minimum atomic E-state index is 0.220. The summed E-state index contributed by atoms with van der Waals surface area (Å²) in [6.45, 7) is 9.76. The molecule has 7 heteroatoms. The predicted octanol–water partition coefficient (Wildman–Crippen LogP) is 3.78. The molecule has 156 valence electrons. The van der Waals surface area contributed by atoms with E-state index in [-0.39, 0.29) is 4.75 Å². The second-order valence-electron chi connectivity index (χ2n) is 7.48. The van der Waals surface area contributed by atoms with Gasteiger partial charge in [0, 0.05) is 54.3 Å². The number of rotatable bonds is 7. The predicted molar refractivity (Wildman–Crippen MR) is 122 cm³/mol. The largest absolute Gasteiger partial charge is 0.381 e. The fraction of sp³-hybridized carbons (Fsp3) is 0.667. The van der Waals surface area contributed by atoms with Crippen LogP contribution in [0.5, 0.6) is 0 Å². The van der Waals surface area contributed by atoms with Crippen LogP contribution in [0.25, 0.3) is 0 Å². The molecule has 1 atom stereocenters. The minimum Gasteiger partial charge on any atom is -0.381 e. The highest BCUT2D eigenvalue weighted by atomic mass is 35.5. The van der Waals surface area contributed by atoms with Crippen molar-refractivity contribution in [3.05, 3.63) is 29.3 Å². The monoisotopic (exact) mass is 424 g/mol. The Labute approximate surface area is 178 Å². The van der Waals surface area contributed by atoms with E-state index < -0.39 is 0 Å². The van der Waals surface area contributed by atoms with Gasteiger partial charge < -0.3 is 20.3 Å². The van der Waals surface area contributed by atoms with E-state index in [1.54, 1.807) is 0 Å². The molecule has 2 saturated heterocycles. The fourth-order valence-corrected chi connectivity index (χ4v) is 5.33. The van der Waals surface area contributed by atoms with Gasteiger partial charge in [-0.1, -0.05) is 24.6 Å². The third-order valence-electron chi connectivity index (χ3n) is 5.43. The standard InChI is InChI=1S/C21H33ClN4OS/c1-3-23-20(24-16-21(28-4-2)9-12-27-13-10-21)25-18-8-11-26(15-18)19-7-5-6-17(22)14-19/h5-7,14,18H,3-4,8-13,15-16H2,1-2H3,(H2,23,24,25). The van der Waals surface area contributed by atoms with E-state index >= 15 is 0 Å². The van der Waals surface area contributed by atoms with Gasteiger partial charge in [-0.05, 0) is 50.1 Å². The third-order valence-corrected chi connectivity index (χ3v) is 7.10. The van der Waals surface area contributed by atoms with Crippen molar-refractivity contribution in [1.29, 1.82) is 0 Å². The Kier molecular flexibility index (Phi) is 8.18. The molecule has 0 aromatic heterocycles. The second-order valence-corrected chi connectivity index (χ2v) is 9.65. The van der Waals surface area contributed by atoms with E-state index in [1.807, 2.05) is 30.0 Å². The van der Waals surface area contributed by atoms with Crippen LogP contribution in [0.2, 0.25) is 5.02 Å². The third kappa shape index (κ3) is 5.94. The molecule has 0 radical (unpaired) electrons. The smallest absolute Gasteiger partial charge is 0.191 e. The van der Waals surface area contributed by atoms with Gasteiger partial charge in [-0.15, -0.1) is 0 Å².